The summed E-state index contributed by atoms with van der Waals surface area (Å²) in [5.74, 6) is 0.385. The van der Waals surface area contributed by atoms with Gasteiger partial charge < -0.3 is 10.1 Å². The van der Waals surface area contributed by atoms with Gasteiger partial charge in [-0.15, -0.1) is 11.3 Å². The number of aromatic nitrogens is 1. The van der Waals surface area contributed by atoms with E-state index in [1.165, 1.54) is 11.3 Å². The number of hydrogen-bond acceptors (Lipinski definition) is 5. The number of carbonyl (C=O) groups excluding carboxylic acids is 1. The molecular formula is C15H25N3O2S. The van der Waals surface area contributed by atoms with Crippen LogP contribution in [0.5, 0.6) is 0 Å². The number of aryl methyl sites for hydroxylation is 1. The molecule has 0 radical (unpaired) electrons. The highest BCUT2D eigenvalue weighted by molar-refractivity contribution is 7.13. The first kappa shape index (κ1) is 16.4. The molecule has 0 unspecified atom stereocenters. The monoisotopic (exact) mass is 311 g/mol. The first-order valence-corrected chi connectivity index (χ1v) is 8.45. The van der Waals surface area contributed by atoms with Gasteiger partial charge in [0.05, 0.1) is 23.9 Å². The molecule has 2 heterocycles. The zero-order chi connectivity index (χ0) is 15.2. The summed E-state index contributed by atoms with van der Waals surface area (Å²) >= 11 is 1.51. The van der Waals surface area contributed by atoms with Crippen molar-refractivity contribution in [2.24, 2.45) is 0 Å². The number of rotatable bonds is 6. The summed E-state index contributed by atoms with van der Waals surface area (Å²) in [5, 5.41) is 4.04. The van der Waals surface area contributed by atoms with E-state index in [0.717, 1.165) is 54.8 Å². The Labute approximate surface area is 130 Å². The van der Waals surface area contributed by atoms with Crippen LogP contribution in [-0.4, -0.2) is 55.2 Å². The Hall–Kier alpha value is -0.980. The zero-order valence-corrected chi connectivity index (χ0v) is 14.0. The molecule has 0 bridgehead atoms. The highest BCUT2D eigenvalue weighted by Gasteiger charge is 2.16. The molecular weight excluding hydrogens is 286 g/mol. The van der Waals surface area contributed by atoms with Gasteiger partial charge in [-0.25, -0.2) is 4.98 Å². The van der Waals surface area contributed by atoms with Gasteiger partial charge in [-0.3, -0.25) is 9.69 Å². The van der Waals surface area contributed by atoms with Crippen LogP contribution in [0, 0.1) is 6.92 Å². The van der Waals surface area contributed by atoms with E-state index in [-0.39, 0.29) is 5.91 Å². The van der Waals surface area contributed by atoms with Crippen molar-refractivity contribution in [2.45, 2.75) is 33.1 Å². The summed E-state index contributed by atoms with van der Waals surface area (Å²) in [6.45, 7) is 11.5. The summed E-state index contributed by atoms with van der Waals surface area (Å²) in [5.41, 5.74) is 0.842. The largest absolute Gasteiger partial charge is 0.379 e. The fourth-order valence-corrected chi connectivity index (χ4v) is 3.27. The maximum Gasteiger partial charge on any atom is 0.263 e. The maximum atomic E-state index is 12.2. The smallest absolute Gasteiger partial charge is 0.263 e. The van der Waals surface area contributed by atoms with Gasteiger partial charge >= 0.3 is 0 Å². The minimum absolute atomic E-state index is 0.0128. The Kier molecular flexibility index (Phi) is 6.14. The van der Waals surface area contributed by atoms with Crippen LogP contribution in [0.3, 0.4) is 0 Å². The number of carbonyl (C=O) groups is 1. The normalized spacial score (nSPS) is 16.4. The third-order valence-corrected chi connectivity index (χ3v) is 5.01. The van der Waals surface area contributed by atoms with Gasteiger partial charge in [0, 0.05) is 25.6 Å². The number of amides is 1. The van der Waals surface area contributed by atoms with Crippen molar-refractivity contribution < 1.29 is 9.53 Å². The van der Waals surface area contributed by atoms with Crippen molar-refractivity contribution in [3.05, 3.63) is 15.6 Å². The maximum absolute atomic E-state index is 12.2. The SMILES string of the molecule is Cc1nc(C(C)C)sc1C(=O)NCCCN1CCOCC1. The third kappa shape index (κ3) is 4.76. The molecule has 0 saturated carbocycles. The van der Waals surface area contributed by atoms with Crippen molar-refractivity contribution >= 4 is 17.2 Å². The van der Waals surface area contributed by atoms with Crippen LogP contribution in [0.4, 0.5) is 0 Å². The number of morpholine rings is 1. The van der Waals surface area contributed by atoms with Gasteiger partial charge in [0.1, 0.15) is 4.88 Å². The summed E-state index contributed by atoms with van der Waals surface area (Å²) in [7, 11) is 0. The molecule has 21 heavy (non-hydrogen) atoms. The van der Waals surface area contributed by atoms with Crippen molar-refractivity contribution in [3.63, 3.8) is 0 Å². The van der Waals surface area contributed by atoms with Gasteiger partial charge in [-0.1, -0.05) is 13.8 Å². The summed E-state index contributed by atoms with van der Waals surface area (Å²) in [6, 6.07) is 0. The second-order valence-electron chi connectivity index (χ2n) is 5.68. The van der Waals surface area contributed by atoms with Crippen molar-refractivity contribution in [1.82, 2.24) is 15.2 Å². The highest BCUT2D eigenvalue weighted by Crippen LogP contribution is 2.24. The minimum atomic E-state index is 0.0128. The van der Waals surface area contributed by atoms with Gasteiger partial charge in [-0.2, -0.15) is 0 Å². The van der Waals surface area contributed by atoms with E-state index >= 15 is 0 Å². The number of nitrogens with zero attached hydrogens (tertiary/aromatic N) is 2. The third-order valence-electron chi connectivity index (χ3n) is 3.55. The van der Waals surface area contributed by atoms with E-state index < -0.39 is 0 Å². The number of thiazole rings is 1. The van der Waals surface area contributed by atoms with E-state index in [1.54, 1.807) is 0 Å². The number of nitrogens with one attached hydrogen (secondary N) is 1. The van der Waals surface area contributed by atoms with E-state index in [1.807, 2.05) is 6.92 Å². The molecule has 1 aromatic rings. The van der Waals surface area contributed by atoms with Crippen LogP contribution in [-0.2, 0) is 4.74 Å². The fourth-order valence-electron chi connectivity index (χ4n) is 2.28. The van der Waals surface area contributed by atoms with E-state index in [9.17, 15) is 4.79 Å². The zero-order valence-electron chi connectivity index (χ0n) is 13.1. The molecule has 0 spiro atoms. The second-order valence-corrected chi connectivity index (χ2v) is 6.72. The molecule has 1 amide bonds. The fraction of sp³-hybridized carbons (Fsp3) is 0.733. The first-order valence-electron chi connectivity index (χ1n) is 7.63. The van der Waals surface area contributed by atoms with Gasteiger partial charge in [0.25, 0.3) is 5.91 Å². The Bertz CT molecular complexity index is 467. The van der Waals surface area contributed by atoms with Crippen LogP contribution in [0.25, 0.3) is 0 Å². The molecule has 1 N–H and O–H groups in total. The van der Waals surface area contributed by atoms with Crippen molar-refractivity contribution in [1.29, 1.82) is 0 Å². The Morgan fingerprint density at radius 2 is 2.14 bits per heavy atom. The lowest BCUT2D eigenvalue weighted by atomic mass is 10.2. The molecule has 1 saturated heterocycles. The van der Waals surface area contributed by atoms with Crippen LogP contribution in [0.2, 0.25) is 0 Å². The second kappa shape index (κ2) is 7.87. The van der Waals surface area contributed by atoms with E-state index in [2.05, 4.69) is 29.0 Å². The molecule has 0 aromatic carbocycles. The molecule has 1 aromatic heterocycles. The minimum Gasteiger partial charge on any atom is -0.379 e. The summed E-state index contributed by atoms with van der Waals surface area (Å²) in [4.78, 5) is 19.8. The first-order chi connectivity index (χ1) is 10.1. The molecule has 5 nitrogen and oxygen atoms in total. The van der Waals surface area contributed by atoms with Gasteiger partial charge in [0.2, 0.25) is 0 Å². The van der Waals surface area contributed by atoms with Crippen LogP contribution >= 0.6 is 11.3 Å². The van der Waals surface area contributed by atoms with E-state index in [4.69, 9.17) is 4.74 Å². The van der Waals surface area contributed by atoms with Gasteiger partial charge in [0.15, 0.2) is 0 Å². The topological polar surface area (TPSA) is 54.5 Å². The molecule has 1 aliphatic heterocycles. The summed E-state index contributed by atoms with van der Waals surface area (Å²) in [6.07, 6.45) is 0.973. The van der Waals surface area contributed by atoms with Gasteiger partial charge in [-0.05, 0) is 19.9 Å². The lowest BCUT2D eigenvalue weighted by Gasteiger charge is -2.26. The molecule has 1 aliphatic rings. The standard InChI is InChI=1S/C15H25N3O2S/c1-11(2)15-17-12(3)13(21-15)14(19)16-5-4-6-18-7-9-20-10-8-18/h11H,4-10H2,1-3H3,(H,16,19). The van der Waals surface area contributed by atoms with Crippen LogP contribution in [0.15, 0.2) is 0 Å². The average molecular weight is 311 g/mol. The molecule has 118 valence electrons. The molecule has 0 atom stereocenters. The van der Waals surface area contributed by atoms with Crippen LogP contribution < -0.4 is 5.32 Å². The Morgan fingerprint density at radius 3 is 2.76 bits per heavy atom. The van der Waals surface area contributed by atoms with Crippen molar-refractivity contribution in [2.75, 3.05) is 39.4 Å². The van der Waals surface area contributed by atoms with Crippen LogP contribution in [0.1, 0.15) is 46.6 Å². The van der Waals surface area contributed by atoms with Crippen molar-refractivity contribution in [3.8, 4) is 0 Å². The Morgan fingerprint density at radius 1 is 1.43 bits per heavy atom. The van der Waals surface area contributed by atoms with E-state index in [0.29, 0.717) is 12.5 Å². The Balaban J connectivity index is 1.74. The number of ether oxygens (including phenoxy) is 1. The lowest BCUT2D eigenvalue weighted by molar-refractivity contribution is 0.0374. The average Bonchev–Trinajstić information content (AvgIpc) is 2.87. The molecule has 2 rings (SSSR count). The lowest BCUT2D eigenvalue weighted by Crippen LogP contribution is -2.38. The molecule has 0 aliphatic carbocycles. The predicted molar refractivity (Wildman–Crippen MR) is 85.1 cm³/mol. The summed E-state index contributed by atoms with van der Waals surface area (Å²) < 4.78 is 5.32. The highest BCUT2D eigenvalue weighted by atomic mass is 32.1. The molecule has 6 heteroatoms. The predicted octanol–water partition coefficient (Wildman–Crippen LogP) is 2.03. The molecule has 1 fully saturated rings. The number of hydrogen-bond donors (Lipinski definition) is 1. The quantitative estimate of drug-likeness (QED) is 0.817.